The molecule has 0 radical (unpaired) electrons. The molecule has 1 aromatic rings. The minimum Gasteiger partial charge on any atom is -0.343 e. The van der Waals surface area contributed by atoms with E-state index in [1.807, 2.05) is 0 Å². The molecule has 0 saturated carbocycles. The molecule has 2 aliphatic rings. The maximum Gasteiger partial charge on any atom is 0.243 e. The highest BCUT2D eigenvalue weighted by atomic mass is 32.2. The summed E-state index contributed by atoms with van der Waals surface area (Å²) < 4.78 is 54.3. The molecule has 0 unspecified atom stereocenters. The third-order valence-corrected chi connectivity index (χ3v) is 9.22. The first-order valence-corrected chi connectivity index (χ1v) is 13.4. The lowest BCUT2D eigenvalue weighted by Crippen LogP contribution is -2.48. The van der Waals surface area contributed by atoms with Gasteiger partial charge in [0.2, 0.25) is 26.0 Å². The molecule has 0 aromatic heterocycles. The maximum absolute atomic E-state index is 13.1. The van der Waals surface area contributed by atoms with Gasteiger partial charge in [-0.25, -0.2) is 16.8 Å². The van der Waals surface area contributed by atoms with Crippen LogP contribution in [-0.4, -0.2) is 94.4 Å². The molecule has 0 spiro atoms. The zero-order valence-corrected chi connectivity index (χ0v) is 18.7. The first-order valence-electron chi connectivity index (χ1n) is 10.3. The molecule has 0 aliphatic carbocycles. The fraction of sp³-hybridized carbons (Fsp3) is 0.632. The van der Waals surface area contributed by atoms with Gasteiger partial charge < -0.3 is 10.2 Å². The SMILES string of the molecule is O=C1CCCN1CCCN(CCS(=O)(=O)N1CCNCC1)S(=O)(=O)c1ccccc1. The van der Waals surface area contributed by atoms with E-state index in [4.69, 9.17) is 0 Å². The van der Waals surface area contributed by atoms with Gasteiger partial charge in [-0.15, -0.1) is 0 Å². The van der Waals surface area contributed by atoms with Gasteiger partial charge in [0.05, 0.1) is 10.6 Å². The van der Waals surface area contributed by atoms with Crippen molar-refractivity contribution in [3.8, 4) is 0 Å². The Kier molecular flexibility index (Phi) is 7.86. The summed E-state index contributed by atoms with van der Waals surface area (Å²) >= 11 is 0. The lowest BCUT2D eigenvalue weighted by atomic mass is 10.4. The fourth-order valence-electron chi connectivity index (χ4n) is 3.74. The molecule has 168 valence electrons. The van der Waals surface area contributed by atoms with Gasteiger partial charge in [0.25, 0.3) is 0 Å². The van der Waals surface area contributed by atoms with Crippen LogP contribution in [0.15, 0.2) is 35.2 Å². The van der Waals surface area contributed by atoms with Crippen molar-refractivity contribution in [2.24, 2.45) is 0 Å². The third-order valence-electron chi connectivity index (χ3n) is 5.46. The third kappa shape index (κ3) is 5.79. The van der Waals surface area contributed by atoms with Crippen LogP contribution in [0.25, 0.3) is 0 Å². The van der Waals surface area contributed by atoms with E-state index in [0.29, 0.717) is 52.1 Å². The summed E-state index contributed by atoms with van der Waals surface area (Å²) in [7, 11) is -7.38. The lowest BCUT2D eigenvalue weighted by Gasteiger charge is -2.28. The maximum atomic E-state index is 13.1. The summed E-state index contributed by atoms with van der Waals surface area (Å²) in [4.78, 5) is 13.7. The molecule has 30 heavy (non-hydrogen) atoms. The summed E-state index contributed by atoms with van der Waals surface area (Å²) in [6.07, 6.45) is 1.83. The number of rotatable bonds is 10. The second kappa shape index (κ2) is 10.2. The number of likely N-dealkylation sites (tertiary alicyclic amines) is 1. The molecule has 11 heteroatoms. The number of nitrogens with one attached hydrogen (secondary N) is 1. The Morgan fingerprint density at radius 1 is 0.967 bits per heavy atom. The molecule has 0 atom stereocenters. The summed E-state index contributed by atoms with van der Waals surface area (Å²) in [6, 6.07) is 8.04. The second-order valence-electron chi connectivity index (χ2n) is 7.52. The van der Waals surface area contributed by atoms with E-state index in [0.717, 1.165) is 6.42 Å². The van der Waals surface area contributed by atoms with Crippen molar-refractivity contribution in [1.29, 1.82) is 0 Å². The van der Waals surface area contributed by atoms with Crippen LogP contribution in [-0.2, 0) is 24.8 Å². The van der Waals surface area contributed by atoms with Crippen molar-refractivity contribution in [1.82, 2.24) is 18.8 Å². The molecule has 3 rings (SSSR count). The molecule has 9 nitrogen and oxygen atoms in total. The Morgan fingerprint density at radius 3 is 2.30 bits per heavy atom. The van der Waals surface area contributed by atoms with E-state index in [1.165, 1.54) is 20.7 Å². The number of carbonyl (C=O) groups is 1. The van der Waals surface area contributed by atoms with Crippen molar-refractivity contribution in [2.45, 2.75) is 24.2 Å². The van der Waals surface area contributed by atoms with E-state index >= 15 is 0 Å². The zero-order valence-electron chi connectivity index (χ0n) is 17.1. The Balaban J connectivity index is 1.69. The van der Waals surface area contributed by atoms with Gasteiger partial charge in [0.15, 0.2) is 0 Å². The summed E-state index contributed by atoms with van der Waals surface area (Å²) in [5.74, 6) is -0.171. The van der Waals surface area contributed by atoms with Crippen molar-refractivity contribution in [2.75, 3.05) is 58.1 Å². The molecule has 0 bridgehead atoms. The van der Waals surface area contributed by atoms with Gasteiger partial charge in [-0.1, -0.05) is 18.2 Å². The van der Waals surface area contributed by atoms with Crippen molar-refractivity contribution < 1.29 is 21.6 Å². The first-order chi connectivity index (χ1) is 14.3. The van der Waals surface area contributed by atoms with Crippen LogP contribution in [0.3, 0.4) is 0 Å². The lowest BCUT2D eigenvalue weighted by molar-refractivity contribution is -0.127. The van der Waals surface area contributed by atoms with Gasteiger partial charge in [0, 0.05) is 58.8 Å². The van der Waals surface area contributed by atoms with Gasteiger partial charge >= 0.3 is 0 Å². The first kappa shape index (κ1) is 23.1. The predicted molar refractivity (Wildman–Crippen MR) is 114 cm³/mol. The minimum atomic E-state index is -3.83. The zero-order chi connectivity index (χ0) is 21.6. The van der Waals surface area contributed by atoms with Gasteiger partial charge in [-0.3, -0.25) is 4.79 Å². The number of amides is 1. The van der Waals surface area contributed by atoms with Crippen molar-refractivity contribution in [3.05, 3.63) is 30.3 Å². The Hall–Kier alpha value is -1.53. The standard InChI is InChI=1S/C19H30N4O5S2/c24-19-8-4-11-21(19)12-5-13-23(30(27,28)18-6-2-1-3-7-18)16-17-29(25,26)22-14-9-20-10-15-22/h1-3,6-7,20H,4-5,8-17H2. The second-order valence-corrected chi connectivity index (χ2v) is 11.5. The van der Waals surface area contributed by atoms with Crippen LogP contribution in [0.4, 0.5) is 0 Å². The van der Waals surface area contributed by atoms with Crippen LogP contribution in [0.1, 0.15) is 19.3 Å². The molecular weight excluding hydrogens is 428 g/mol. The van der Waals surface area contributed by atoms with Gasteiger partial charge in [-0.2, -0.15) is 8.61 Å². The molecule has 2 aliphatic heterocycles. The Labute approximate surface area is 179 Å². The Morgan fingerprint density at radius 2 is 1.67 bits per heavy atom. The Bertz CT molecular complexity index is 916. The molecule has 1 amide bonds. The summed E-state index contributed by atoms with van der Waals surface area (Å²) in [5, 5.41) is 3.11. The molecule has 2 fully saturated rings. The summed E-state index contributed by atoms with van der Waals surface area (Å²) in [6.45, 7) is 3.20. The van der Waals surface area contributed by atoms with E-state index in [-0.39, 0.29) is 29.6 Å². The van der Waals surface area contributed by atoms with Crippen LogP contribution < -0.4 is 5.32 Å². The quantitative estimate of drug-likeness (QED) is 0.526. The fourth-order valence-corrected chi connectivity index (χ4v) is 6.80. The predicted octanol–water partition coefficient (Wildman–Crippen LogP) is -0.0752. The van der Waals surface area contributed by atoms with Crippen LogP contribution >= 0.6 is 0 Å². The highest BCUT2D eigenvalue weighted by Gasteiger charge is 2.29. The number of piperazine rings is 1. The van der Waals surface area contributed by atoms with E-state index in [2.05, 4.69) is 5.32 Å². The largest absolute Gasteiger partial charge is 0.343 e. The molecule has 2 saturated heterocycles. The number of hydrogen-bond acceptors (Lipinski definition) is 6. The van der Waals surface area contributed by atoms with Crippen molar-refractivity contribution in [3.63, 3.8) is 0 Å². The number of benzene rings is 1. The number of carbonyl (C=O) groups excluding carboxylic acids is 1. The minimum absolute atomic E-state index is 0.0914. The normalized spacial score (nSPS) is 19.0. The monoisotopic (exact) mass is 458 g/mol. The van der Waals surface area contributed by atoms with E-state index in [9.17, 15) is 21.6 Å². The average Bonchev–Trinajstić information content (AvgIpc) is 3.16. The van der Waals surface area contributed by atoms with E-state index in [1.54, 1.807) is 23.1 Å². The topological polar surface area (TPSA) is 107 Å². The molecular formula is C19H30N4O5S2. The van der Waals surface area contributed by atoms with Crippen LogP contribution in [0, 0.1) is 0 Å². The highest BCUT2D eigenvalue weighted by molar-refractivity contribution is 7.90. The van der Waals surface area contributed by atoms with Gasteiger partial charge in [0.1, 0.15) is 0 Å². The average molecular weight is 459 g/mol. The van der Waals surface area contributed by atoms with Crippen molar-refractivity contribution >= 4 is 26.0 Å². The smallest absolute Gasteiger partial charge is 0.243 e. The molecule has 1 aromatic carbocycles. The molecule has 2 heterocycles. The summed E-state index contributed by atoms with van der Waals surface area (Å²) in [5.41, 5.74) is 0. The number of nitrogens with zero attached hydrogens (tertiary/aromatic N) is 3. The van der Waals surface area contributed by atoms with Crippen LogP contribution in [0.2, 0.25) is 0 Å². The molecule has 1 N–H and O–H groups in total. The highest BCUT2D eigenvalue weighted by Crippen LogP contribution is 2.17. The van der Waals surface area contributed by atoms with Crippen LogP contribution in [0.5, 0.6) is 0 Å². The van der Waals surface area contributed by atoms with Gasteiger partial charge in [-0.05, 0) is 25.0 Å². The number of sulfonamides is 2. The number of hydrogen-bond donors (Lipinski definition) is 1. The van der Waals surface area contributed by atoms with E-state index < -0.39 is 20.0 Å².